The van der Waals surface area contributed by atoms with Crippen molar-refractivity contribution in [2.24, 2.45) is 0 Å². The highest BCUT2D eigenvalue weighted by atomic mass is 35.5. The van der Waals surface area contributed by atoms with E-state index in [4.69, 9.17) is 11.6 Å². The van der Waals surface area contributed by atoms with Crippen LogP contribution in [0.5, 0.6) is 0 Å². The van der Waals surface area contributed by atoms with Gasteiger partial charge in [-0.3, -0.25) is 14.9 Å². The molecule has 0 radical (unpaired) electrons. The van der Waals surface area contributed by atoms with Crippen LogP contribution in [-0.2, 0) is 4.79 Å². The predicted molar refractivity (Wildman–Crippen MR) is 60.9 cm³/mol. The Kier molecular flexibility index (Phi) is 2.93. The molecule has 2 heterocycles. The van der Waals surface area contributed by atoms with Gasteiger partial charge in [0.2, 0.25) is 5.28 Å². The van der Waals surface area contributed by atoms with Gasteiger partial charge in [-0.15, -0.1) is 0 Å². The lowest BCUT2D eigenvalue weighted by Crippen LogP contribution is -2.17. The number of hydrogen-bond acceptors (Lipinski definition) is 5. The number of aromatic nitrogens is 2. The Balaban J connectivity index is 2.36. The van der Waals surface area contributed by atoms with Crippen LogP contribution in [0.3, 0.4) is 0 Å². The first kappa shape index (κ1) is 11.1. The highest BCUT2D eigenvalue weighted by Crippen LogP contribution is 2.25. The van der Waals surface area contributed by atoms with Gasteiger partial charge >= 0.3 is 0 Å². The fourth-order valence-electron chi connectivity index (χ4n) is 1.18. The molecule has 0 spiro atoms. The van der Waals surface area contributed by atoms with Gasteiger partial charge in [-0.25, -0.2) is 9.97 Å². The van der Waals surface area contributed by atoms with Crippen LogP contribution in [0.1, 0.15) is 11.4 Å². The van der Waals surface area contributed by atoms with E-state index < -0.39 is 5.91 Å². The van der Waals surface area contributed by atoms with Gasteiger partial charge in [0.25, 0.3) is 11.1 Å². The number of nitrogens with zero attached hydrogens (tertiary/aromatic N) is 2. The largest absolute Gasteiger partial charge is 0.290 e. The van der Waals surface area contributed by atoms with Crippen LogP contribution in [0.2, 0.25) is 5.28 Å². The highest BCUT2D eigenvalue weighted by molar-refractivity contribution is 8.18. The molecule has 1 fully saturated rings. The summed E-state index contributed by atoms with van der Waals surface area (Å²) in [4.78, 5) is 30.3. The molecule has 0 bridgehead atoms. The van der Waals surface area contributed by atoms with E-state index in [0.717, 1.165) is 11.8 Å². The quantitative estimate of drug-likeness (QED) is 0.612. The lowest BCUT2D eigenvalue weighted by atomic mass is 10.3. The number of carbonyl (C=O) groups is 2. The minimum atomic E-state index is -0.414. The Bertz CT molecular complexity index is 495. The van der Waals surface area contributed by atoms with E-state index in [0.29, 0.717) is 16.3 Å². The second-order valence-electron chi connectivity index (χ2n) is 3.06. The maximum Gasteiger partial charge on any atom is 0.290 e. The van der Waals surface area contributed by atoms with E-state index in [1.54, 1.807) is 13.0 Å². The first-order chi connectivity index (χ1) is 7.54. The zero-order chi connectivity index (χ0) is 11.7. The first-order valence-corrected chi connectivity index (χ1v) is 5.50. The average molecular weight is 256 g/mol. The molecular formula is C9H6ClN3O2S. The van der Waals surface area contributed by atoms with Crippen molar-refractivity contribution in [3.05, 3.63) is 27.6 Å². The molecule has 1 aliphatic rings. The third-order valence-corrected chi connectivity index (χ3v) is 2.75. The lowest BCUT2D eigenvalue weighted by molar-refractivity contribution is -0.115. The monoisotopic (exact) mass is 255 g/mol. The molecule has 82 valence electrons. The van der Waals surface area contributed by atoms with Crippen molar-refractivity contribution in [2.75, 3.05) is 0 Å². The molecule has 0 aliphatic carbocycles. The zero-order valence-corrected chi connectivity index (χ0v) is 9.72. The van der Waals surface area contributed by atoms with Gasteiger partial charge in [0.1, 0.15) is 0 Å². The highest BCUT2D eigenvalue weighted by Gasteiger charge is 2.25. The SMILES string of the molecule is Cc1cc(/C=C2\SC(=O)NC2=O)nc(Cl)n1. The van der Waals surface area contributed by atoms with Gasteiger partial charge in [0.15, 0.2) is 0 Å². The molecule has 5 nitrogen and oxygen atoms in total. The van der Waals surface area contributed by atoms with E-state index in [2.05, 4.69) is 15.3 Å². The standard InChI is InChI=1S/C9H6ClN3O2S/c1-4-2-5(12-8(10)11-4)3-6-7(14)13-9(15)16-6/h2-3H,1H3,(H,13,14,15)/b6-3-. The fraction of sp³-hybridized carbons (Fsp3) is 0.111. The molecule has 0 aromatic carbocycles. The molecular weight excluding hydrogens is 250 g/mol. The Labute approximate surface area is 100 Å². The molecule has 0 unspecified atom stereocenters. The van der Waals surface area contributed by atoms with Crippen molar-refractivity contribution in [1.29, 1.82) is 0 Å². The van der Waals surface area contributed by atoms with Crippen molar-refractivity contribution >= 4 is 40.6 Å². The number of hydrogen-bond donors (Lipinski definition) is 1. The Hall–Kier alpha value is -1.40. The number of thioether (sulfide) groups is 1. The van der Waals surface area contributed by atoms with Gasteiger partial charge in [0.05, 0.1) is 10.6 Å². The van der Waals surface area contributed by atoms with Gasteiger partial charge in [0, 0.05) is 5.69 Å². The molecule has 1 aromatic rings. The van der Waals surface area contributed by atoms with Crippen LogP contribution in [0.15, 0.2) is 11.0 Å². The molecule has 2 amide bonds. The number of amides is 2. The predicted octanol–water partition coefficient (Wildman–Crippen LogP) is 1.76. The number of imide groups is 1. The number of nitrogens with one attached hydrogen (secondary N) is 1. The van der Waals surface area contributed by atoms with E-state index >= 15 is 0 Å². The van der Waals surface area contributed by atoms with Gasteiger partial charge in [-0.05, 0) is 42.4 Å². The summed E-state index contributed by atoms with van der Waals surface area (Å²) >= 11 is 6.51. The number of carbonyl (C=O) groups excluding carboxylic acids is 2. The summed E-state index contributed by atoms with van der Waals surface area (Å²) in [5.41, 5.74) is 1.20. The fourth-order valence-corrected chi connectivity index (χ4v) is 2.08. The summed E-state index contributed by atoms with van der Waals surface area (Å²) in [6.45, 7) is 1.77. The minimum Gasteiger partial charge on any atom is -0.282 e. The summed E-state index contributed by atoms with van der Waals surface area (Å²) in [5, 5.41) is 1.89. The number of rotatable bonds is 1. The summed E-state index contributed by atoms with van der Waals surface area (Å²) < 4.78 is 0. The Morgan fingerprint density at radius 3 is 2.75 bits per heavy atom. The molecule has 1 aromatic heterocycles. The van der Waals surface area contributed by atoms with E-state index in [-0.39, 0.29) is 10.5 Å². The molecule has 1 aliphatic heterocycles. The van der Waals surface area contributed by atoms with Crippen LogP contribution in [0, 0.1) is 6.92 Å². The minimum absolute atomic E-state index is 0.113. The Morgan fingerprint density at radius 1 is 1.44 bits per heavy atom. The third kappa shape index (κ3) is 2.40. The molecule has 1 N–H and O–H groups in total. The third-order valence-electron chi connectivity index (χ3n) is 1.77. The van der Waals surface area contributed by atoms with Crippen molar-refractivity contribution in [3.8, 4) is 0 Å². The topological polar surface area (TPSA) is 72.0 Å². The van der Waals surface area contributed by atoms with Crippen molar-refractivity contribution < 1.29 is 9.59 Å². The van der Waals surface area contributed by atoms with E-state index in [1.165, 1.54) is 6.08 Å². The van der Waals surface area contributed by atoms with Gasteiger partial charge < -0.3 is 0 Å². The maximum atomic E-state index is 11.3. The Morgan fingerprint density at radius 2 is 2.19 bits per heavy atom. The number of aryl methyl sites for hydroxylation is 1. The second-order valence-corrected chi connectivity index (χ2v) is 4.41. The van der Waals surface area contributed by atoms with Crippen LogP contribution in [0.4, 0.5) is 4.79 Å². The molecule has 7 heteroatoms. The van der Waals surface area contributed by atoms with E-state index in [1.807, 2.05) is 0 Å². The molecule has 1 saturated heterocycles. The average Bonchev–Trinajstić information content (AvgIpc) is 2.43. The van der Waals surface area contributed by atoms with Crippen molar-refractivity contribution in [2.45, 2.75) is 6.92 Å². The van der Waals surface area contributed by atoms with E-state index in [9.17, 15) is 9.59 Å². The maximum absolute atomic E-state index is 11.3. The van der Waals surface area contributed by atoms with Crippen LogP contribution in [0.25, 0.3) is 6.08 Å². The molecule has 2 rings (SSSR count). The van der Waals surface area contributed by atoms with Crippen LogP contribution < -0.4 is 5.32 Å². The lowest BCUT2D eigenvalue weighted by Gasteiger charge is -1.97. The van der Waals surface area contributed by atoms with Gasteiger partial charge in [-0.1, -0.05) is 0 Å². The summed E-state index contributed by atoms with van der Waals surface area (Å²) in [6.07, 6.45) is 1.51. The number of halogens is 1. The summed E-state index contributed by atoms with van der Waals surface area (Å²) in [5.74, 6) is -0.414. The first-order valence-electron chi connectivity index (χ1n) is 4.30. The van der Waals surface area contributed by atoms with Crippen LogP contribution >= 0.6 is 23.4 Å². The smallest absolute Gasteiger partial charge is 0.282 e. The molecule has 0 atom stereocenters. The van der Waals surface area contributed by atoms with Crippen molar-refractivity contribution in [1.82, 2.24) is 15.3 Å². The molecule has 16 heavy (non-hydrogen) atoms. The van der Waals surface area contributed by atoms with Crippen LogP contribution in [-0.4, -0.2) is 21.1 Å². The summed E-state index contributed by atoms with van der Waals surface area (Å²) in [6, 6.07) is 1.68. The second kappa shape index (κ2) is 4.23. The zero-order valence-electron chi connectivity index (χ0n) is 8.15. The summed E-state index contributed by atoms with van der Waals surface area (Å²) in [7, 11) is 0. The molecule has 0 saturated carbocycles. The van der Waals surface area contributed by atoms with Gasteiger partial charge in [-0.2, -0.15) is 0 Å². The normalized spacial score (nSPS) is 18.0. The van der Waals surface area contributed by atoms with Crippen molar-refractivity contribution in [3.63, 3.8) is 0 Å².